The number of alkyl halides is 3. The van der Waals surface area contributed by atoms with Crippen molar-refractivity contribution in [2.45, 2.75) is 11.6 Å². The van der Waals surface area contributed by atoms with Crippen LogP contribution in [0.3, 0.4) is 0 Å². The first-order valence-corrected chi connectivity index (χ1v) is 12.8. The van der Waals surface area contributed by atoms with Crippen molar-refractivity contribution >= 4 is 0 Å². The summed E-state index contributed by atoms with van der Waals surface area (Å²) in [4.78, 5) is 9.66. The third-order valence-corrected chi connectivity index (χ3v) is 6.82. The molecule has 0 fully saturated rings. The molecule has 0 amide bonds. The van der Waals surface area contributed by atoms with Crippen LogP contribution in [0, 0.1) is 23.9 Å². The van der Waals surface area contributed by atoms with Crippen LogP contribution in [0.2, 0.25) is 0 Å². The van der Waals surface area contributed by atoms with Crippen LogP contribution in [0.25, 0.3) is 17.1 Å². The van der Waals surface area contributed by atoms with Crippen LogP contribution in [-0.2, 0) is 32.7 Å². The monoisotopic (exact) mass is 761 g/mol. The normalized spacial score (nSPS) is 11.7. The van der Waals surface area contributed by atoms with Crippen LogP contribution in [-0.4, -0.2) is 19.7 Å². The van der Waals surface area contributed by atoms with Crippen LogP contribution in [0.15, 0.2) is 115 Å². The molecule has 0 N–H and O–H groups in total. The molecule has 0 atom stereocenters. The molecule has 43 heavy (non-hydrogen) atoms. The first kappa shape index (κ1) is 30.0. The minimum Gasteiger partial charge on any atom is -0.343 e. The molecule has 0 aliphatic heterocycles. The molecule has 10 heteroatoms. The predicted molar refractivity (Wildman–Crippen MR) is 145 cm³/mol. The van der Waals surface area contributed by atoms with Gasteiger partial charge in [0.05, 0.1) is 17.2 Å². The first-order chi connectivity index (χ1) is 20.3. The molecule has 0 radical (unpaired) electrons. The summed E-state index contributed by atoms with van der Waals surface area (Å²) in [5.41, 5.74) is 0.240. The van der Waals surface area contributed by atoms with E-state index in [4.69, 9.17) is 9.97 Å². The van der Waals surface area contributed by atoms with E-state index in [1.165, 1.54) is 6.07 Å². The Hall–Kier alpha value is -4.49. The number of pyridine rings is 2. The summed E-state index contributed by atoms with van der Waals surface area (Å²) in [6.45, 7) is 0. The molecular weight excluding hydrogens is 742 g/mol. The third kappa shape index (κ3) is 5.65. The van der Waals surface area contributed by atoms with E-state index < -0.39 is 28.9 Å². The fraction of sp³-hybridized carbons (Fsp3) is 0.0606. The molecule has 0 spiro atoms. The van der Waals surface area contributed by atoms with Crippen LogP contribution in [0.4, 0.5) is 22.0 Å². The smallest absolute Gasteiger partial charge is 0.343 e. The van der Waals surface area contributed by atoms with E-state index in [-0.39, 0.29) is 38.1 Å². The van der Waals surface area contributed by atoms with E-state index in [1.807, 2.05) is 60.7 Å². The van der Waals surface area contributed by atoms with Gasteiger partial charge in [-0.2, -0.15) is 13.2 Å². The van der Waals surface area contributed by atoms with E-state index in [2.05, 4.69) is 17.4 Å². The summed E-state index contributed by atoms with van der Waals surface area (Å²) in [5, 5.41) is 3.65. The largest absolute Gasteiger partial charge is 2.00 e. The van der Waals surface area contributed by atoms with Crippen molar-refractivity contribution < 1.29 is 43.0 Å². The van der Waals surface area contributed by atoms with Crippen molar-refractivity contribution in [2.75, 3.05) is 0 Å². The summed E-state index contributed by atoms with van der Waals surface area (Å²) < 4.78 is 69.4. The molecule has 0 saturated carbocycles. The van der Waals surface area contributed by atoms with Gasteiger partial charge in [-0.25, -0.2) is 0 Å². The van der Waals surface area contributed by atoms with Gasteiger partial charge < -0.3 is 4.68 Å². The number of halogens is 5. The molecule has 0 aliphatic carbocycles. The predicted octanol–water partition coefficient (Wildman–Crippen LogP) is 7.61. The first-order valence-electron chi connectivity index (χ1n) is 12.8. The van der Waals surface area contributed by atoms with Gasteiger partial charge >= 0.3 is 27.2 Å². The van der Waals surface area contributed by atoms with Crippen LogP contribution in [0.1, 0.15) is 28.2 Å². The van der Waals surface area contributed by atoms with Crippen molar-refractivity contribution in [1.82, 2.24) is 19.7 Å². The van der Waals surface area contributed by atoms with Crippen molar-refractivity contribution in [2.24, 2.45) is 0 Å². The minimum absolute atomic E-state index is 0. The van der Waals surface area contributed by atoms with Crippen molar-refractivity contribution in [3.63, 3.8) is 0 Å². The van der Waals surface area contributed by atoms with Crippen molar-refractivity contribution in [1.29, 1.82) is 0 Å². The van der Waals surface area contributed by atoms with Gasteiger partial charge in [0, 0.05) is 17.3 Å². The van der Waals surface area contributed by atoms with E-state index >= 15 is 0 Å². The van der Waals surface area contributed by atoms with Crippen molar-refractivity contribution in [3.8, 4) is 17.1 Å². The number of rotatable bonds is 6. The summed E-state index contributed by atoms with van der Waals surface area (Å²) in [6, 6.07) is 33.9. The number of hydrogen-bond acceptors (Lipinski definition) is 3. The van der Waals surface area contributed by atoms with Gasteiger partial charge in [0.15, 0.2) is 0 Å². The van der Waals surface area contributed by atoms with Crippen LogP contribution in [0.5, 0.6) is 0 Å². The van der Waals surface area contributed by atoms with Gasteiger partial charge in [-0.05, 0) is 29.0 Å². The second kappa shape index (κ2) is 12.0. The standard InChI is InChI=1S/C33H19F5N4.Pt/c34-24-17-18-25(26(35)21-24)27-13-7-14-28(39-27)32(22-9-3-1-4-10-22,23-11-5-2-6-12-23)29-15-8-16-31(40-29)42-20-19-30(41-42)33(36,37)38;/h1-17,19,21H;/q-2;+2. The maximum absolute atomic E-state index is 14.8. The molecule has 0 saturated heterocycles. The average molecular weight is 762 g/mol. The summed E-state index contributed by atoms with van der Waals surface area (Å²) in [7, 11) is 0. The fourth-order valence-electron chi connectivity index (χ4n) is 4.98. The zero-order chi connectivity index (χ0) is 29.3. The third-order valence-electron chi connectivity index (χ3n) is 6.82. The second-order valence-electron chi connectivity index (χ2n) is 9.38. The van der Waals surface area contributed by atoms with Gasteiger partial charge in [0.1, 0.15) is 5.41 Å². The van der Waals surface area contributed by atoms with Crippen molar-refractivity contribution in [3.05, 3.63) is 167 Å². The minimum atomic E-state index is -4.64. The van der Waals surface area contributed by atoms with E-state index in [0.29, 0.717) is 11.4 Å². The van der Waals surface area contributed by atoms with E-state index in [9.17, 15) is 22.0 Å². The topological polar surface area (TPSA) is 43.6 Å². The van der Waals surface area contributed by atoms with E-state index in [0.717, 1.165) is 34.0 Å². The molecule has 0 bridgehead atoms. The second-order valence-corrected chi connectivity index (χ2v) is 9.38. The quantitative estimate of drug-likeness (QED) is 0.130. The van der Waals surface area contributed by atoms with Gasteiger partial charge in [0.25, 0.3) is 0 Å². The Morgan fingerprint density at radius 1 is 0.651 bits per heavy atom. The molecular formula is C33H19F5N4Pt. The Morgan fingerprint density at radius 2 is 1.26 bits per heavy atom. The number of hydrogen-bond donors (Lipinski definition) is 0. The van der Waals surface area contributed by atoms with Crippen LogP contribution < -0.4 is 0 Å². The fourth-order valence-corrected chi connectivity index (χ4v) is 4.98. The molecule has 3 aromatic carbocycles. The molecule has 3 heterocycles. The van der Waals surface area contributed by atoms with Gasteiger partial charge in [0.2, 0.25) is 0 Å². The molecule has 6 aromatic rings. The van der Waals surface area contributed by atoms with E-state index in [1.54, 1.807) is 30.3 Å². The van der Waals surface area contributed by atoms with Gasteiger partial charge in [-0.15, -0.1) is 18.2 Å². The molecule has 216 valence electrons. The Morgan fingerprint density at radius 3 is 1.84 bits per heavy atom. The number of benzene rings is 3. The SMILES string of the molecule is Fc1c[c-]c(-c2cccc(C(c3ccccc3)(c3ccccc3)c3cccc(-n4[c-]cc(C(F)(F)F)n4)n3)n2)c(F)c1.[Pt+2]. The zero-order valence-corrected chi connectivity index (χ0v) is 24.2. The van der Waals surface area contributed by atoms with Crippen LogP contribution >= 0.6 is 0 Å². The molecule has 3 aromatic heterocycles. The average Bonchev–Trinajstić information content (AvgIpc) is 3.51. The Bertz CT molecular complexity index is 1820. The Kier molecular flexibility index (Phi) is 8.38. The molecule has 0 unspecified atom stereocenters. The van der Waals surface area contributed by atoms with Gasteiger partial charge in [-0.3, -0.25) is 23.8 Å². The number of aromatic nitrogens is 4. The summed E-state index contributed by atoms with van der Waals surface area (Å²) in [6.07, 6.45) is -2.15. The summed E-state index contributed by atoms with van der Waals surface area (Å²) in [5.74, 6) is -1.48. The Balaban J connectivity index is 0.00000368. The molecule has 6 rings (SSSR count). The Labute approximate surface area is 258 Å². The van der Waals surface area contributed by atoms with Gasteiger partial charge in [-0.1, -0.05) is 103 Å². The maximum Gasteiger partial charge on any atom is 2.00 e. The molecule has 0 aliphatic rings. The molecule has 4 nitrogen and oxygen atoms in total. The summed E-state index contributed by atoms with van der Waals surface area (Å²) >= 11 is 0. The zero-order valence-electron chi connectivity index (χ0n) is 22.0. The number of nitrogens with zero attached hydrogens (tertiary/aromatic N) is 4. The maximum atomic E-state index is 14.8.